The number of carboxylic acid groups (broad SMARTS) is 1. The summed E-state index contributed by atoms with van der Waals surface area (Å²) in [6, 6.07) is 17.8. The number of hydrogen-bond acceptors (Lipinski definition) is 4. The molecule has 0 unspecified atom stereocenters. The van der Waals surface area contributed by atoms with Gasteiger partial charge in [0.15, 0.2) is 0 Å². The van der Waals surface area contributed by atoms with Crippen LogP contribution in [0.3, 0.4) is 0 Å². The lowest BCUT2D eigenvalue weighted by molar-refractivity contribution is -0.305. The van der Waals surface area contributed by atoms with Gasteiger partial charge in [-0.15, -0.1) is 0 Å². The van der Waals surface area contributed by atoms with Crippen molar-refractivity contribution in [3.8, 4) is 0 Å². The molecule has 0 radical (unpaired) electrons. The van der Waals surface area contributed by atoms with Crippen LogP contribution in [-0.4, -0.2) is 20.9 Å². The zero-order valence-electron chi connectivity index (χ0n) is 15.2. The number of fused-ring (bicyclic) bond motifs is 1. The molecule has 0 amide bonds. The van der Waals surface area contributed by atoms with E-state index in [-0.39, 0.29) is 17.9 Å². The number of hydrogen-bond donors (Lipinski definition) is 0. The maximum absolute atomic E-state index is 13.3. The number of carboxylic acids is 1. The van der Waals surface area contributed by atoms with Gasteiger partial charge in [0.1, 0.15) is 0 Å². The Balaban J connectivity index is 2.11. The van der Waals surface area contributed by atoms with E-state index >= 15 is 0 Å². The fourth-order valence-electron chi connectivity index (χ4n) is 3.13. The molecule has 0 heterocycles. The van der Waals surface area contributed by atoms with Gasteiger partial charge in [-0.2, -0.15) is 0 Å². The summed E-state index contributed by atoms with van der Waals surface area (Å²) < 4.78 is 27.8. The van der Waals surface area contributed by atoms with Gasteiger partial charge in [-0.05, 0) is 60.0 Å². The minimum Gasteiger partial charge on any atom is -0.550 e. The summed E-state index contributed by atoms with van der Waals surface area (Å²) in [5.41, 5.74) is 2.25. The predicted molar refractivity (Wildman–Crippen MR) is 104 cm³/mol. The first-order valence-corrected chi connectivity index (χ1v) is 10.0. The molecular weight excluding hydrogens is 362 g/mol. The molecule has 0 aromatic heterocycles. The van der Waals surface area contributed by atoms with Crippen molar-refractivity contribution < 1.29 is 18.3 Å². The molecule has 3 aromatic carbocycles. The average molecular weight is 382 g/mol. The summed E-state index contributed by atoms with van der Waals surface area (Å²) in [5, 5.41) is 12.7. The number of sulfonamides is 1. The van der Waals surface area contributed by atoms with E-state index in [1.54, 1.807) is 30.3 Å². The van der Waals surface area contributed by atoms with Crippen LogP contribution in [0.4, 0.5) is 5.69 Å². The summed E-state index contributed by atoms with van der Waals surface area (Å²) in [4.78, 5) is 11.1. The molecular formula is C21H20NO4S-. The van der Waals surface area contributed by atoms with Crippen LogP contribution in [0.15, 0.2) is 65.6 Å². The highest BCUT2D eigenvalue weighted by Crippen LogP contribution is 2.28. The molecule has 5 nitrogen and oxygen atoms in total. The van der Waals surface area contributed by atoms with Crippen molar-refractivity contribution in [1.82, 2.24) is 0 Å². The first-order valence-electron chi connectivity index (χ1n) is 8.57. The Kier molecular flexibility index (Phi) is 5.19. The quantitative estimate of drug-likeness (QED) is 0.657. The number of carbonyl (C=O) groups is 1. The van der Waals surface area contributed by atoms with Crippen molar-refractivity contribution in [1.29, 1.82) is 0 Å². The predicted octanol–water partition coefficient (Wildman–Crippen LogP) is 2.79. The largest absolute Gasteiger partial charge is 0.550 e. The lowest BCUT2D eigenvalue weighted by atomic mass is 10.1. The zero-order chi connectivity index (χ0) is 19.6. The smallest absolute Gasteiger partial charge is 0.264 e. The number of anilines is 1. The molecule has 0 aliphatic heterocycles. The standard InChI is InChI=1S/C21H21NO4S/c1-15-11-16(2)13-19(12-15)22(10-9-21(23)24)27(25,26)20-8-7-17-5-3-4-6-18(17)14-20/h3-8,11-14H,9-10H2,1-2H3,(H,23,24)/p-1. The summed E-state index contributed by atoms with van der Waals surface area (Å²) in [5.74, 6) is -1.29. The van der Waals surface area contributed by atoms with E-state index in [4.69, 9.17) is 0 Å². The van der Waals surface area contributed by atoms with Crippen LogP contribution in [0.25, 0.3) is 10.8 Å². The second kappa shape index (κ2) is 7.40. The molecule has 27 heavy (non-hydrogen) atoms. The number of nitrogens with zero attached hydrogens (tertiary/aromatic N) is 1. The van der Waals surface area contributed by atoms with Crippen molar-refractivity contribution in [3.63, 3.8) is 0 Å². The van der Waals surface area contributed by atoms with Crippen LogP contribution in [0.5, 0.6) is 0 Å². The van der Waals surface area contributed by atoms with Crippen LogP contribution >= 0.6 is 0 Å². The molecule has 0 spiro atoms. The lowest BCUT2D eigenvalue weighted by Crippen LogP contribution is -2.35. The van der Waals surface area contributed by atoms with Crippen molar-refractivity contribution >= 4 is 32.5 Å². The fraction of sp³-hybridized carbons (Fsp3) is 0.190. The zero-order valence-corrected chi connectivity index (χ0v) is 16.0. The highest BCUT2D eigenvalue weighted by Gasteiger charge is 2.25. The van der Waals surface area contributed by atoms with Crippen LogP contribution in [0.1, 0.15) is 17.5 Å². The average Bonchev–Trinajstić information content (AvgIpc) is 2.60. The minimum atomic E-state index is -3.93. The monoisotopic (exact) mass is 382 g/mol. The van der Waals surface area contributed by atoms with Crippen LogP contribution in [0, 0.1) is 13.8 Å². The Morgan fingerprint density at radius 1 is 0.926 bits per heavy atom. The van der Waals surface area contributed by atoms with E-state index in [0.29, 0.717) is 5.69 Å². The minimum absolute atomic E-state index is 0.124. The third-order valence-electron chi connectivity index (χ3n) is 4.32. The number of aryl methyl sites for hydroxylation is 2. The van der Waals surface area contributed by atoms with Gasteiger partial charge in [-0.25, -0.2) is 8.42 Å². The van der Waals surface area contributed by atoms with Gasteiger partial charge in [0.25, 0.3) is 10.0 Å². The van der Waals surface area contributed by atoms with Gasteiger partial charge in [-0.1, -0.05) is 36.4 Å². The van der Waals surface area contributed by atoms with Crippen LogP contribution < -0.4 is 9.41 Å². The van der Waals surface area contributed by atoms with E-state index < -0.39 is 16.0 Å². The Morgan fingerprint density at radius 2 is 1.56 bits per heavy atom. The molecule has 140 valence electrons. The highest BCUT2D eigenvalue weighted by atomic mass is 32.2. The van der Waals surface area contributed by atoms with Gasteiger partial charge in [0.2, 0.25) is 0 Å². The van der Waals surface area contributed by atoms with E-state index in [1.165, 1.54) is 0 Å². The summed E-state index contributed by atoms with van der Waals surface area (Å²) in [7, 11) is -3.93. The van der Waals surface area contributed by atoms with Gasteiger partial charge < -0.3 is 9.90 Å². The molecule has 0 N–H and O–H groups in total. The Bertz CT molecular complexity index is 1090. The van der Waals surface area contributed by atoms with E-state index in [2.05, 4.69) is 0 Å². The molecule has 0 aliphatic rings. The summed E-state index contributed by atoms with van der Waals surface area (Å²) in [6.45, 7) is 3.55. The van der Waals surface area contributed by atoms with Crippen LogP contribution in [-0.2, 0) is 14.8 Å². The first kappa shape index (κ1) is 18.9. The van der Waals surface area contributed by atoms with Gasteiger partial charge in [0, 0.05) is 18.9 Å². The van der Waals surface area contributed by atoms with Crippen molar-refractivity contribution in [2.75, 3.05) is 10.8 Å². The molecule has 0 aliphatic carbocycles. The highest BCUT2D eigenvalue weighted by molar-refractivity contribution is 7.92. The third kappa shape index (κ3) is 4.11. The lowest BCUT2D eigenvalue weighted by Gasteiger charge is -2.25. The molecule has 0 fully saturated rings. The fourth-order valence-corrected chi connectivity index (χ4v) is 4.62. The normalized spacial score (nSPS) is 11.5. The van der Waals surface area contributed by atoms with Crippen molar-refractivity contribution in [2.45, 2.75) is 25.2 Å². The molecule has 3 rings (SSSR count). The first-order chi connectivity index (χ1) is 12.8. The third-order valence-corrected chi connectivity index (χ3v) is 6.15. The Labute approximate surface area is 158 Å². The maximum Gasteiger partial charge on any atom is 0.264 e. The number of carbonyl (C=O) groups excluding carboxylic acids is 1. The van der Waals surface area contributed by atoms with Gasteiger partial charge in [-0.3, -0.25) is 4.31 Å². The van der Waals surface area contributed by atoms with Gasteiger partial charge in [0.05, 0.1) is 10.6 Å². The van der Waals surface area contributed by atoms with Crippen LogP contribution in [0.2, 0.25) is 0 Å². The Hall–Kier alpha value is -2.86. The SMILES string of the molecule is Cc1cc(C)cc(N(CCC(=O)[O-])S(=O)(=O)c2ccc3ccccc3c2)c1. The number of benzene rings is 3. The molecule has 0 atom stereocenters. The Morgan fingerprint density at radius 3 is 2.19 bits per heavy atom. The topological polar surface area (TPSA) is 77.5 Å². The van der Waals surface area contributed by atoms with Gasteiger partial charge >= 0.3 is 0 Å². The van der Waals surface area contributed by atoms with Crippen molar-refractivity contribution in [2.24, 2.45) is 0 Å². The maximum atomic E-state index is 13.3. The molecule has 0 bridgehead atoms. The second-order valence-corrected chi connectivity index (χ2v) is 8.42. The second-order valence-electron chi connectivity index (χ2n) is 6.55. The van der Waals surface area contributed by atoms with E-state index in [0.717, 1.165) is 26.2 Å². The molecule has 6 heteroatoms. The summed E-state index contributed by atoms with van der Waals surface area (Å²) >= 11 is 0. The molecule has 0 saturated heterocycles. The molecule has 0 saturated carbocycles. The summed E-state index contributed by atoms with van der Waals surface area (Å²) in [6.07, 6.45) is -0.389. The number of aliphatic carboxylic acids is 1. The van der Waals surface area contributed by atoms with E-state index in [1.807, 2.05) is 44.2 Å². The van der Waals surface area contributed by atoms with Crippen molar-refractivity contribution in [3.05, 3.63) is 71.8 Å². The van der Waals surface area contributed by atoms with E-state index in [9.17, 15) is 18.3 Å². The number of rotatable bonds is 6. The molecule has 3 aromatic rings.